The number of ether oxygens (including phenoxy) is 1. The molecule has 82 valence electrons. The summed E-state index contributed by atoms with van der Waals surface area (Å²) in [6.07, 6.45) is 0.915. The number of nitrogens with one attached hydrogen (secondary N) is 1. The lowest BCUT2D eigenvalue weighted by molar-refractivity contribution is 0.191. The van der Waals surface area contributed by atoms with Crippen LogP contribution in [-0.2, 0) is 4.74 Å². The number of hydrogen-bond donors (Lipinski definition) is 1. The number of aryl methyl sites for hydroxylation is 1. The zero-order valence-electron chi connectivity index (χ0n) is 9.20. The topological polar surface area (TPSA) is 57.9 Å². The molecule has 1 unspecified atom stereocenters. The van der Waals surface area contributed by atoms with E-state index in [4.69, 9.17) is 10.00 Å². The van der Waals surface area contributed by atoms with E-state index in [1.807, 2.05) is 6.92 Å². The van der Waals surface area contributed by atoms with Crippen LogP contribution in [-0.4, -0.2) is 24.1 Å². The van der Waals surface area contributed by atoms with E-state index < -0.39 is 0 Å². The summed E-state index contributed by atoms with van der Waals surface area (Å²) in [5, 5.41) is 13.1. The van der Waals surface area contributed by atoms with Crippen molar-refractivity contribution in [2.24, 2.45) is 0 Å². The smallest absolute Gasteiger partial charge is 0.127 e. The molecule has 0 bridgehead atoms. The average molecular weight is 225 g/mol. The molecule has 4 nitrogen and oxygen atoms in total. The van der Waals surface area contributed by atoms with Crippen LogP contribution in [0.4, 0.5) is 5.00 Å². The van der Waals surface area contributed by atoms with Gasteiger partial charge in [0.1, 0.15) is 16.6 Å². The molecule has 1 N–H and O–H groups in total. The van der Waals surface area contributed by atoms with E-state index in [0.29, 0.717) is 12.2 Å². The average Bonchev–Trinajstić information content (AvgIpc) is 2.56. The summed E-state index contributed by atoms with van der Waals surface area (Å²) < 4.78 is 9.14. The molecule has 0 radical (unpaired) electrons. The summed E-state index contributed by atoms with van der Waals surface area (Å²) in [5.41, 5.74) is 1.45. The van der Waals surface area contributed by atoms with Gasteiger partial charge in [-0.2, -0.15) is 9.64 Å². The number of methoxy groups -OCH3 is 1. The minimum Gasteiger partial charge on any atom is -0.385 e. The molecular formula is C10H15N3OS. The number of nitrogens with zero attached hydrogens (tertiary/aromatic N) is 2. The first-order chi connectivity index (χ1) is 7.19. The molecule has 15 heavy (non-hydrogen) atoms. The maximum atomic E-state index is 8.93. The minimum atomic E-state index is 0.289. The molecule has 0 fully saturated rings. The van der Waals surface area contributed by atoms with Gasteiger partial charge >= 0.3 is 0 Å². The van der Waals surface area contributed by atoms with Gasteiger partial charge in [0.15, 0.2) is 0 Å². The van der Waals surface area contributed by atoms with Gasteiger partial charge in [-0.3, -0.25) is 0 Å². The minimum absolute atomic E-state index is 0.289. The molecular weight excluding hydrogens is 210 g/mol. The summed E-state index contributed by atoms with van der Waals surface area (Å²) in [6.45, 7) is 4.63. The normalized spacial score (nSPS) is 12.1. The van der Waals surface area contributed by atoms with Crippen LogP contribution < -0.4 is 5.32 Å². The van der Waals surface area contributed by atoms with Crippen molar-refractivity contribution < 1.29 is 4.74 Å². The summed E-state index contributed by atoms with van der Waals surface area (Å²) in [4.78, 5) is 0. The number of hydrogen-bond acceptors (Lipinski definition) is 5. The van der Waals surface area contributed by atoms with Gasteiger partial charge in [0.25, 0.3) is 0 Å². The third-order valence-corrected chi connectivity index (χ3v) is 2.98. The number of rotatable bonds is 5. The van der Waals surface area contributed by atoms with Crippen LogP contribution >= 0.6 is 11.5 Å². The lowest BCUT2D eigenvalue weighted by atomic mass is 10.2. The van der Waals surface area contributed by atoms with Crippen LogP contribution in [0.2, 0.25) is 0 Å². The fraction of sp³-hybridized carbons (Fsp3) is 0.600. The maximum Gasteiger partial charge on any atom is 0.127 e. The highest BCUT2D eigenvalue weighted by atomic mass is 32.1. The van der Waals surface area contributed by atoms with Gasteiger partial charge in [-0.25, -0.2) is 0 Å². The molecule has 0 saturated heterocycles. The van der Waals surface area contributed by atoms with Crippen LogP contribution in [0.3, 0.4) is 0 Å². The SMILES string of the molecule is COCCC(C)Nc1snc(C)c1C#N. The van der Waals surface area contributed by atoms with Gasteiger partial charge in [0.05, 0.1) is 5.69 Å². The molecule has 0 spiro atoms. The zero-order valence-corrected chi connectivity index (χ0v) is 10.0. The van der Waals surface area contributed by atoms with Crippen LogP contribution in [0.5, 0.6) is 0 Å². The molecule has 0 aliphatic rings. The van der Waals surface area contributed by atoms with Crippen molar-refractivity contribution in [2.75, 3.05) is 19.0 Å². The molecule has 0 aliphatic heterocycles. The van der Waals surface area contributed by atoms with Gasteiger partial charge in [-0.15, -0.1) is 0 Å². The fourth-order valence-electron chi connectivity index (χ4n) is 1.19. The second-order valence-electron chi connectivity index (χ2n) is 3.41. The van der Waals surface area contributed by atoms with E-state index >= 15 is 0 Å². The quantitative estimate of drug-likeness (QED) is 0.834. The molecule has 1 heterocycles. The molecule has 5 heteroatoms. The van der Waals surface area contributed by atoms with Gasteiger partial charge in [-0.1, -0.05) is 0 Å². The highest BCUT2D eigenvalue weighted by Crippen LogP contribution is 2.24. The van der Waals surface area contributed by atoms with Gasteiger partial charge in [0.2, 0.25) is 0 Å². The standard InChI is InChI=1S/C10H15N3OS/c1-7(4-5-14-3)12-10-9(6-11)8(2)13-15-10/h7,12H,4-5H2,1-3H3. The van der Waals surface area contributed by atoms with E-state index in [1.54, 1.807) is 7.11 Å². The van der Waals surface area contributed by atoms with Gasteiger partial charge in [0, 0.05) is 19.8 Å². The van der Waals surface area contributed by atoms with Crippen molar-refractivity contribution in [2.45, 2.75) is 26.3 Å². The molecule has 1 aromatic heterocycles. The molecule has 0 saturated carbocycles. The highest BCUT2D eigenvalue weighted by molar-refractivity contribution is 7.10. The van der Waals surface area contributed by atoms with Crippen molar-refractivity contribution in [1.29, 1.82) is 5.26 Å². The monoisotopic (exact) mass is 225 g/mol. The third-order valence-electron chi connectivity index (χ3n) is 2.11. The Kier molecular flexibility index (Phi) is 4.53. The second-order valence-corrected chi connectivity index (χ2v) is 4.18. The van der Waals surface area contributed by atoms with E-state index in [2.05, 4.69) is 22.7 Å². The van der Waals surface area contributed by atoms with Crippen molar-refractivity contribution in [3.63, 3.8) is 0 Å². The van der Waals surface area contributed by atoms with Crippen LogP contribution in [0.25, 0.3) is 0 Å². The number of aromatic nitrogens is 1. The Bertz CT molecular complexity index is 356. The Morgan fingerprint density at radius 1 is 1.67 bits per heavy atom. The first-order valence-electron chi connectivity index (χ1n) is 4.81. The Balaban J connectivity index is 2.61. The zero-order chi connectivity index (χ0) is 11.3. The van der Waals surface area contributed by atoms with Crippen molar-refractivity contribution >= 4 is 16.5 Å². The Morgan fingerprint density at radius 2 is 2.40 bits per heavy atom. The molecule has 0 aliphatic carbocycles. The molecule has 1 aromatic rings. The molecule has 1 rings (SSSR count). The fourth-order valence-corrected chi connectivity index (χ4v) is 2.05. The lowest BCUT2D eigenvalue weighted by Gasteiger charge is -2.12. The van der Waals surface area contributed by atoms with Crippen LogP contribution in [0, 0.1) is 18.3 Å². The lowest BCUT2D eigenvalue weighted by Crippen LogP contribution is -2.16. The van der Waals surface area contributed by atoms with Crippen LogP contribution in [0.15, 0.2) is 0 Å². The summed E-state index contributed by atoms with van der Waals surface area (Å²) in [5.74, 6) is 0. The summed E-state index contributed by atoms with van der Waals surface area (Å²) >= 11 is 1.34. The second kappa shape index (κ2) is 5.69. The van der Waals surface area contributed by atoms with E-state index in [-0.39, 0.29) is 6.04 Å². The first kappa shape index (κ1) is 12.0. The Morgan fingerprint density at radius 3 is 3.00 bits per heavy atom. The number of nitriles is 1. The van der Waals surface area contributed by atoms with Crippen molar-refractivity contribution in [3.8, 4) is 6.07 Å². The summed E-state index contributed by atoms with van der Waals surface area (Å²) in [7, 11) is 1.68. The van der Waals surface area contributed by atoms with E-state index in [9.17, 15) is 0 Å². The first-order valence-corrected chi connectivity index (χ1v) is 5.58. The Hall–Kier alpha value is -1.12. The van der Waals surface area contributed by atoms with Crippen LogP contribution in [0.1, 0.15) is 24.6 Å². The Labute approximate surface area is 94.0 Å². The maximum absolute atomic E-state index is 8.93. The third kappa shape index (κ3) is 3.18. The van der Waals surface area contributed by atoms with Gasteiger partial charge in [-0.05, 0) is 31.8 Å². The summed E-state index contributed by atoms with van der Waals surface area (Å²) in [6, 6.07) is 2.45. The molecule has 0 amide bonds. The molecule has 1 atom stereocenters. The number of anilines is 1. The van der Waals surface area contributed by atoms with Crippen molar-refractivity contribution in [1.82, 2.24) is 4.37 Å². The van der Waals surface area contributed by atoms with E-state index in [1.165, 1.54) is 11.5 Å². The predicted octanol–water partition coefficient (Wildman–Crippen LogP) is 2.16. The van der Waals surface area contributed by atoms with Crippen molar-refractivity contribution in [3.05, 3.63) is 11.3 Å². The van der Waals surface area contributed by atoms with E-state index in [0.717, 1.165) is 17.1 Å². The largest absolute Gasteiger partial charge is 0.385 e. The predicted molar refractivity (Wildman–Crippen MR) is 61.1 cm³/mol. The van der Waals surface area contributed by atoms with Gasteiger partial charge < -0.3 is 10.1 Å². The molecule has 0 aromatic carbocycles. The highest BCUT2D eigenvalue weighted by Gasteiger charge is 2.11.